The number of ether oxygens (including phenoxy) is 6. The van der Waals surface area contributed by atoms with Crippen LogP contribution in [0.4, 0.5) is 9.59 Å². The fourth-order valence-corrected chi connectivity index (χ4v) is 8.28. The molecule has 2 aromatic carbocycles. The first-order valence-electron chi connectivity index (χ1n) is 21.1. The van der Waals surface area contributed by atoms with Crippen molar-refractivity contribution in [2.24, 2.45) is 11.8 Å². The minimum Gasteiger partial charge on any atom is -0.493 e. The number of esters is 2. The predicted molar refractivity (Wildman–Crippen MR) is 220 cm³/mol. The highest BCUT2D eigenvalue weighted by Crippen LogP contribution is 2.38. The van der Waals surface area contributed by atoms with Crippen LogP contribution in [0.2, 0.25) is 0 Å². The number of carbonyl (C=O) groups is 4. The van der Waals surface area contributed by atoms with Gasteiger partial charge in [0, 0.05) is 39.0 Å². The van der Waals surface area contributed by atoms with Crippen LogP contribution >= 0.6 is 0 Å². The molecule has 0 N–H and O–H groups in total. The first kappa shape index (κ1) is 44.6. The van der Waals surface area contributed by atoms with Crippen LogP contribution in [-0.4, -0.2) is 98.7 Å². The zero-order valence-corrected chi connectivity index (χ0v) is 36.1. The SMILES string of the molecule is COC(=O)CC(CC1CCN(C(=O)OC(C)(C)C)CC1)c1ccc2c(c1)OCC2.COC(=O)CC(CC1CCN(C(=O)OC(C)(C)C)CC1)c1ccc2c(c1)OCC2. The highest BCUT2D eigenvalue weighted by atomic mass is 16.6. The zero-order valence-electron chi connectivity index (χ0n) is 36.1. The van der Waals surface area contributed by atoms with E-state index >= 15 is 0 Å². The first-order chi connectivity index (χ1) is 27.5. The summed E-state index contributed by atoms with van der Waals surface area (Å²) >= 11 is 0. The van der Waals surface area contributed by atoms with Gasteiger partial charge in [0.15, 0.2) is 0 Å². The van der Waals surface area contributed by atoms with E-state index in [-0.39, 0.29) is 36.0 Å². The summed E-state index contributed by atoms with van der Waals surface area (Å²) in [5.41, 5.74) is 3.77. The maximum Gasteiger partial charge on any atom is 0.410 e. The first-order valence-corrected chi connectivity index (χ1v) is 21.1. The molecule has 2 amide bonds. The van der Waals surface area contributed by atoms with Crippen LogP contribution in [0.15, 0.2) is 36.4 Å². The van der Waals surface area contributed by atoms with Crippen LogP contribution in [0.3, 0.4) is 0 Å². The summed E-state index contributed by atoms with van der Waals surface area (Å²) in [6.07, 6.45) is 7.60. The van der Waals surface area contributed by atoms with Crippen molar-refractivity contribution in [1.29, 1.82) is 0 Å². The van der Waals surface area contributed by atoms with E-state index in [0.717, 1.165) is 87.2 Å². The van der Waals surface area contributed by atoms with Gasteiger partial charge in [0.25, 0.3) is 0 Å². The minimum atomic E-state index is -0.477. The molecule has 2 fully saturated rings. The fourth-order valence-electron chi connectivity index (χ4n) is 8.28. The Labute approximate surface area is 345 Å². The van der Waals surface area contributed by atoms with Gasteiger partial charge in [-0.1, -0.05) is 24.3 Å². The number of fused-ring (bicyclic) bond motifs is 2. The lowest BCUT2D eigenvalue weighted by molar-refractivity contribution is -0.142. The third kappa shape index (κ3) is 13.3. The van der Waals surface area contributed by atoms with E-state index in [4.69, 9.17) is 28.4 Å². The van der Waals surface area contributed by atoms with Crippen LogP contribution in [0, 0.1) is 11.8 Å². The van der Waals surface area contributed by atoms with Gasteiger partial charge in [0.1, 0.15) is 22.7 Å². The molecule has 6 rings (SSSR count). The zero-order chi connectivity index (χ0) is 42.0. The molecule has 4 aliphatic heterocycles. The van der Waals surface area contributed by atoms with Gasteiger partial charge in [0.05, 0.1) is 40.3 Å². The van der Waals surface area contributed by atoms with Gasteiger partial charge >= 0.3 is 24.1 Å². The lowest BCUT2D eigenvalue weighted by Gasteiger charge is -2.34. The van der Waals surface area contributed by atoms with Gasteiger partial charge in [-0.15, -0.1) is 0 Å². The Bertz CT molecular complexity index is 1590. The molecule has 4 aliphatic rings. The predicted octanol–water partition coefficient (Wildman–Crippen LogP) is 8.61. The molecule has 58 heavy (non-hydrogen) atoms. The molecule has 12 nitrogen and oxygen atoms in total. The Morgan fingerprint density at radius 2 is 0.983 bits per heavy atom. The Balaban J connectivity index is 0.000000221. The van der Waals surface area contributed by atoms with Gasteiger partial charge in [-0.2, -0.15) is 0 Å². The Kier molecular flexibility index (Phi) is 15.4. The Hall–Kier alpha value is -4.48. The number of piperidine rings is 2. The number of methoxy groups -OCH3 is 2. The van der Waals surface area contributed by atoms with Gasteiger partial charge < -0.3 is 38.2 Å². The quantitative estimate of drug-likeness (QED) is 0.170. The standard InChI is InChI=1S/2C23H33NO5/c2*1-23(2,3)29-22(26)24-10-7-16(8-11-24)13-19(15-21(25)27-4)18-6-5-17-9-12-28-20(17)14-18/h2*5-6,14,16,19H,7-13,15H2,1-4H3. The summed E-state index contributed by atoms with van der Waals surface area (Å²) in [6, 6.07) is 12.7. The number of carbonyl (C=O) groups excluding carboxylic acids is 4. The van der Waals surface area contributed by atoms with Crippen LogP contribution in [0.1, 0.15) is 127 Å². The van der Waals surface area contributed by atoms with Crippen molar-refractivity contribution in [2.75, 3.05) is 53.6 Å². The molecule has 0 radical (unpaired) electrons. The molecule has 0 saturated carbocycles. The number of nitrogens with zero attached hydrogens (tertiary/aromatic N) is 2. The van der Waals surface area contributed by atoms with Crippen LogP contribution in [-0.2, 0) is 41.4 Å². The maximum atomic E-state index is 12.3. The van der Waals surface area contributed by atoms with Crippen molar-refractivity contribution >= 4 is 24.1 Å². The number of benzene rings is 2. The third-order valence-electron chi connectivity index (χ3n) is 11.4. The van der Waals surface area contributed by atoms with Gasteiger partial charge in [-0.25, -0.2) is 9.59 Å². The molecule has 2 unspecified atom stereocenters. The summed E-state index contributed by atoms with van der Waals surface area (Å²) in [5.74, 6) is 2.60. The summed E-state index contributed by atoms with van der Waals surface area (Å²) in [4.78, 5) is 52.2. The van der Waals surface area contributed by atoms with E-state index in [1.807, 2.05) is 41.5 Å². The van der Waals surface area contributed by atoms with Crippen molar-refractivity contribution in [3.05, 3.63) is 58.7 Å². The highest BCUT2D eigenvalue weighted by molar-refractivity contribution is 5.71. The number of amides is 2. The lowest BCUT2D eigenvalue weighted by Crippen LogP contribution is -2.41. The number of likely N-dealkylation sites (tertiary alicyclic amines) is 2. The minimum absolute atomic E-state index is 0.0926. The maximum absolute atomic E-state index is 12.3. The molecule has 0 spiro atoms. The number of hydrogen-bond donors (Lipinski definition) is 0. The van der Waals surface area contributed by atoms with Crippen molar-refractivity contribution in [3.8, 4) is 11.5 Å². The third-order valence-corrected chi connectivity index (χ3v) is 11.4. The molecule has 4 heterocycles. The van der Waals surface area contributed by atoms with Crippen LogP contribution < -0.4 is 9.47 Å². The van der Waals surface area contributed by atoms with E-state index < -0.39 is 11.2 Å². The van der Waals surface area contributed by atoms with Crippen LogP contribution in [0.25, 0.3) is 0 Å². The molecule has 320 valence electrons. The fraction of sp³-hybridized carbons (Fsp3) is 0.652. The average Bonchev–Trinajstić information content (AvgIpc) is 3.86. The van der Waals surface area contributed by atoms with E-state index in [9.17, 15) is 19.2 Å². The molecule has 12 heteroatoms. The number of hydrogen-bond acceptors (Lipinski definition) is 10. The second kappa shape index (κ2) is 20.0. The van der Waals surface area contributed by atoms with Crippen molar-refractivity contribution in [2.45, 2.75) is 129 Å². The molecule has 2 aromatic rings. The summed E-state index contributed by atoms with van der Waals surface area (Å²) in [7, 11) is 2.87. The van der Waals surface area contributed by atoms with Gasteiger partial charge in [-0.3, -0.25) is 9.59 Å². The van der Waals surface area contributed by atoms with E-state index in [1.54, 1.807) is 9.80 Å². The summed E-state index contributed by atoms with van der Waals surface area (Å²) < 4.78 is 32.3. The van der Waals surface area contributed by atoms with Gasteiger partial charge in [0.2, 0.25) is 0 Å². The van der Waals surface area contributed by atoms with E-state index in [1.165, 1.54) is 25.3 Å². The number of rotatable bonds is 10. The molecule has 0 aromatic heterocycles. The normalized spacial score (nSPS) is 18.0. The van der Waals surface area contributed by atoms with E-state index in [2.05, 4.69) is 36.4 Å². The second-order valence-corrected chi connectivity index (χ2v) is 18.2. The largest absolute Gasteiger partial charge is 0.493 e. The molecule has 2 saturated heterocycles. The van der Waals surface area contributed by atoms with Crippen molar-refractivity contribution in [1.82, 2.24) is 9.80 Å². The second-order valence-electron chi connectivity index (χ2n) is 18.2. The smallest absolute Gasteiger partial charge is 0.410 e. The molecule has 2 atom stereocenters. The lowest BCUT2D eigenvalue weighted by atomic mass is 9.82. The summed E-state index contributed by atoms with van der Waals surface area (Å²) in [6.45, 7) is 15.5. The molecule has 0 aliphatic carbocycles. The molecular weight excluding hydrogens is 741 g/mol. The Morgan fingerprint density at radius 3 is 1.31 bits per heavy atom. The topological polar surface area (TPSA) is 130 Å². The highest BCUT2D eigenvalue weighted by Gasteiger charge is 2.32. The monoisotopic (exact) mass is 806 g/mol. The van der Waals surface area contributed by atoms with Gasteiger partial charge in [-0.05, 0) is 138 Å². The molecule has 0 bridgehead atoms. The average molecular weight is 807 g/mol. The van der Waals surface area contributed by atoms with Crippen molar-refractivity contribution < 1.29 is 47.6 Å². The van der Waals surface area contributed by atoms with Crippen LogP contribution in [0.5, 0.6) is 11.5 Å². The van der Waals surface area contributed by atoms with Crippen molar-refractivity contribution in [3.63, 3.8) is 0 Å². The Morgan fingerprint density at radius 1 is 0.621 bits per heavy atom. The van der Waals surface area contributed by atoms with E-state index in [0.29, 0.717) is 50.9 Å². The summed E-state index contributed by atoms with van der Waals surface area (Å²) in [5, 5.41) is 0. The molecular formula is C46H66N2O10.